The number of benzene rings is 1. The van der Waals surface area contributed by atoms with E-state index < -0.39 is 18.8 Å². The van der Waals surface area contributed by atoms with Gasteiger partial charge >= 0.3 is 0 Å². The van der Waals surface area contributed by atoms with E-state index in [4.69, 9.17) is 24.1 Å². The highest BCUT2D eigenvalue weighted by Gasteiger charge is 2.30. The lowest BCUT2D eigenvalue weighted by Crippen LogP contribution is -2.43. The van der Waals surface area contributed by atoms with Gasteiger partial charge in [-0.2, -0.15) is 4.98 Å². The molecule has 0 saturated carbocycles. The van der Waals surface area contributed by atoms with E-state index in [0.717, 1.165) is 0 Å². The van der Waals surface area contributed by atoms with Gasteiger partial charge in [-0.1, -0.05) is 5.16 Å². The molecule has 0 aliphatic heterocycles. The maximum Gasteiger partial charge on any atom is 0.258 e. The monoisotopic (exact) mass is 440 g/mol. The number of nitrogens with zero attached hydrogens (tertiary/aromatic N) is 3. The number of furan rings is 1. The van der Waals surface area contributed by atoms with Crippen LogP contribution in [0.15, 0.2) is 45.5 Å². The summed E-state index contributed by atoms with van der Waals surface area (Å²) >= 11 is 0. The van der Waals surface area contributed by atoms with Crippen LogP contribution in [0.25, 0.3) is 33.9 Å². The Morgan fingerprint density at radius 3 is 2.47 bits per heavy atom. The van der Waals surface area contributed by atoms with Crippen molar-refractivity contribution in [2.75, 3.05) is 26.4 Å². The van der Waals surface area contributed by atoms with Crippen LogP contribution in [-0.4, -0.2) is 51.8 Å². The summed E-state index contributed by atoms with van der Waals surface area (Å²) in [5.41, 5.74) is 6.19. The zero-order valence-corrected chi connectivity index (χ0v) is 17.7. The Balaban J connectivity index is 1.65. The summed E-state index contributed by atoms with van der Waals surface area (Å²) in [5, 5.41) is 23.7. The normalized spacial score (nSPS) is 11.8. The Hall–Kier alpha value is -3.47. The summed E-state index contributed by atoms with van der Waals surface area (Å²) in [5.74, 6) is 2.13. The van der Waals surface area contributed by atoms with Crippen molar-refractivity contribution in [2.45, 2.75) is 19.4 Å². The minimum atomic E-state index is -1.40. The molecule has 4 aromatic rings. The van der Waals surface area contributed by atoms with Crippen molar-refractivity contribution in [2.24, 2.45) is 5.73 Å². The van der Waals surface area contributed by atoms with Crippen molar-refractivity contribution in [3.8, 4) is 34.3 Å². The van der Waals surface area contributed by atoms with Crippen LogP contribution in [-0.2, 0) is 5.54 Å². The van der Waals surface area contributed by atoms with Gasteiger partial charge in [0, 0.05) is 22.7 Å². The number of pyridine rings is 1. The van der Waals surface area contributed by atoms with Gasteiger partial charge in [0.05, 0.1) is 26.4 Å². The SMILES string of the molecule is CCOc1ccc(-c2nc(-c3cnc4oc(C(N)(CO)CO)cc4c3)no2)cc1OCC. The fourth-order valence-electron chi connectivity index (χ4n) is 3.15. The lowest BCUT2D eigenvalue weighted by atomic mass is 10.00. The maximum absolute atomic E-state index is 9.49. The van der Waals surface area contributed by atoms with Gasteiger partial charge in [0.1, 0.15) is 11.3 Å². The average molecular weight is 440 g/mol. The summed E-state index contributed by atoms with van der Waals surface area (Å²) < 4.78 is 22.3. The maximum atomic E-state index is 9.49. The molecule has 4 N–H and O–H groups in total. The third-order valence-corrected chi connectivity index (χ3v) is 4.90. The third-order valence-electron chi connectivity index (χ3n) is 4.90. The highest BCUT2D eigenvalue weighted by molar-refractivity contribution is 5.79. The second-order valence-electron chi connectivity index (χ2n) is 7.15. The first kappa shape index (κ1) is 21.8. The highest BCUT2D eigenvalue weighted by atomic mass is 16.5. The molecule has 0 aliphatic rings. The molecule has 1 aromatic carbocycles. The zero-order chi connectivity index (χ0) is 22.7. The molecule has 10 heteroatoms. The topological polar surface area (TPSA) is 150 Å². The largest absolute Gasteiger partial charge is 0.490 e. The van der Waals surface area contributed by atoms with Crippen LogP contribution >= 0.6 is 0 Å². The lowest BCUT2D eigenvalue weighted by Gasteiger charge is -2.21. The number of ether oxygens (including phenoxy) is 2. The molecular weight excluding hydrogens is 416 g/mol. The molecule has 0 saturated heterocycles. The van der Waals surface area contributed by atoms with E-state index in [-0.39, 0.29) is 5.76 Å². The van der Waals surface area contributed by atoms with Crippen LogP contribution in [0, 0.1) is 0 Å². The summed E-state index contributed by atoms with van der Waals surface area (Å²) in [6.45, 7) is 3.87. The Morgan fingerprint density at radius 1 is 1.00 bits per heavy atom. The van der Waals surface area contributed by atoms with E-state index in [2.05, 4.69) is 15.1 Å². The Kier molecular flexibility index (Phi) is 6.08. The minimum Gasteiger partial charge on any atom is -0.490 e. The molecular formula is C22H24N4O6. The number of nitrogens with two attached hydrogens (primary N) is 1. The zero-order valence-electron chi connectivity index (χ0n) is 17.7. The van der Waals surface area contributed by atoms with E-state index in [1.54, 1.807) is 30.5 Å². The predicted octanol–water partition coefficient (Wildman–Crippen LogP) is 2.48. The van der Waals surface area contributed by atoms with Gasteiger partial charge in [-0.3, -0.25) is 0 Å². The van der Waals surface area contributed by atoms with Crippen LogP contribution in [0.2, 0.25) is 0 Å². The van der Waals surface area contributed by atoms with Gasteiger partial charge in [0.2, 0.25) is 11.5 Å². The van der Waals surface area contributed by atoms with Crippen molar-refractivity contribution < 1.29 is 28.6 Å². The minimum absolute atomic E-state index is 0.230. The van der Waals surface area contributed by atoms with Crippen molar-refractivity contribution in [1.82, 2.24) is 15.1 Å². The number of hydrogen-bond acceptors (Lipinski definition) is 10. The number of hydrogen-bond donors (Lipinski definition) is 3. The molecule has 0 fully saturated rings. The summed E-state index contributed by atoms with van der Waals surface area (Å²) in [4.78, 5) is 8.74. The number of aliphatic hydroxyl groups is 2. The Labute approximate surface area is 183 Å². The first-order valence-electron chi connectivity index (χ1n) is 10.2. The van der Waals surface area contributed by atoms with Gasteiger partial charge in [-0.25, -0.2) is 4.98 Å². The number of rotatable bonds is 9. The molecule has 168 valence electrons. The Bertz CT molecular complexity index is 1210. The standard InChI is InChI=1S/C22H24N4O6/c1-3-29-16-6-5-13(8-17(16)30-4-2)21-25-19(26-32-21)15-7-14-9-18(22(23,11-27)12-28)31-20(14)24-10-15/h5-10,27-28H,3-4,11-12,23H2,1-2H3. The fraction of sp³-hybridized carbons (Fsp3) is 0.318. The lowest BCUT2D eigenvalue weighted by molar-refractivity contribution is 0.105. The molecule has 0 spiro atoms. The highest BCUT2D eigenvalue weighted by Crippen LogP contribution is 2.33. The van der Waals surface area contributed by atoms with Gasteiger partial charge < -0.3 is 34.4 Å². The van der Waals surface area contributed by atoms with E-state index in [0.29, 0.717) is 58.7 Å². The van der Waals surface area contributed by atoms with E-state index >= 15 is 0 Å². The molecule has 3 heterocycles. The van der Waals surface area contributed by atoms with Crippen molar-refractivity contribution in [3.63, 3.8) is 0 Å². The average Bonchev–Trinajstić information content (AvgIpc) is 3.47. The summed E-state index contributed by atoms with van der Waals surface area (Å²) in [7, 11) is 0. The van der Waals surface area contributed by atoms with Crippen molar-refractivity contribution >= 4 is 11.1 Å². The fourth-order valence-corrected chi connectivity index (χ4v) is 3.15. The molecule has 0 aliphatic carbocycles. The molecule has 4 rings (SSSR count). The third kappa shape index (κ3) is 4.03. The van der Waals surface area contributed by atoms with E-state index in [1.807, 2.05) is 19.9 Å². The first-order valence-corrected chi connectivity index (χ1v) is 10.2. The first-order chi connectivity index (χ1) is 15.5. The predicted molar refractivity (Wildman–Crippen MR) is 115 cm³/mol. The van der Waals surface area contributed by atoms with E-state index in [9.17, 15) is 10.2 Å². The Morgan fingerprint density at radius 2 is 1.75 bits per heavy atom. The van der Waals surface area contributed by atoms with Crippen LogP contribution in [0.3, 0.4) is 0 Å². The van der Waals surface area contributed by atoms with Crippen LogP contribution < -0.4 is 15.2 Å². The van der Waals surface area contributed by atoms with Gasteiger partial charge in [-0.15, -0.1) is 0 Å². The van der Waals surface area contributed by atoms with Crippen molar-refractivity contribution in [1.29, 1.82) is 0 Å². The number of aromatic nitrogens is 3. The molecule has 0 atom stereocenters. The second kappa shape index (κ2) is 8.95. The summed E-state index contributed by atoms with van der Waals surface area (Å²) in [6, 6.07) is 8.80. The van der Waals surface area contributed by atoms with Crippen LogP contribution in [0.4, 0.5) is 0 Å². The molecule has 3 aromatic heterocycles. The van der Waals surface area contributed by atoms with Crippen LogP contribution in [0.1, 0.15) is 19.6 Å². The molecule has 10 nitrogen and oxygen atoms in total. The van der Waals surface area contributed by atoms with Gasteiger partial charge in [0.15, 0.2) is 11.5 Å². The van der Waals surface area contributed by atoms with Gasteiger partial charge in [-0.05, 0) is 44.2 Å². The second-order valence-corrected chi connectivity index (χ2v) is 7.15. The number of fused-ring (bicyclic) bond motifs is 1. The molecule has 0 amide bonds. The van der Waals surface area contributed by atoms with E-state index in [1.165, 1.54) is 0 Å². The molecule has 0 unspecified atom stereocenters. The van der Waals surface area contributed by atoms with Crippen LogP contribution in [0.5, 0.6) is 11.5 Å². The smallest absolute Gasteiger partial charge is 0.258 e. The molecule has 0 radical (unpaired) electrons. The summed E-state index contributed by atoms with van der Waals surface area (Å²) in [6.07, 6.45) is 1.55. The van der Waals surface area contributed by atoms with Gasteiger partial charge in [0.25, 0.3) is 5.89 Å². The molecule has 32 heavy (non-hydrogen) atoms. The number of aliphatic hydroxyl groups excluding tert-OH is 2. The van der Waals surface area contributed by atoms with Crippen molar-refractivity contribution in [3.05, 3.63) is 42.3 Å². The molecule has 0 bridgehead atoms. The quantitative estimate of drug-likeness (QED) is 0.354.